The van der Waals surface area contributed by atoms with Gasteiger partial charge in [-0.2, -0.15) is 0 Å². The fraction of sp³-hybridized carbons (Fsp3) is 0.310. The lowest BCUT2D eigenvalue weighted by Crippen LogP contribution is -2.09. The Kier molecular flexibility index (Phi) is 7.59. The van der Waals surface area contributed by atoms with E-state index < -0.39 is 0 Å². The fourth-order valence-electron chi connectivity index (χ4n) is 4.46. The van der Waals surface area contributed by atoms with Gasteiger partial charge in [-0.15, -0.1) is 0 Å². The summed E-state index contributed by atoms with van der Waals surface area (Å²) in [6.45, 7) is 1.96. The summed E-state index contributed by atoms with van der Waals surface area (Å²) < 4.78 is 0. The lowest BCUT2D eigenvalue weighted by atomic mass is 9.85. The Morgan fingerprint density at radius 3 is 2.00 bits per heavy atom. The largest absolute Gasteiger partial charge is 0.294 e. The van der Waals surface area contributed by atoms with E-state index in [4.69, 9.17) is 0 Å². The summed E-state index contributed by atoms with van der Waals surface area (Å²) in [6.07, 6.45) is 8.28. The first kappa shape index (κ1) is 22.5. The summed E-state index contributed by atoms with van der Waals surface area (Å²) >= 11 is 1.64. The van der Waals surface area contributed by atoms with Gasteiger partial charge in [0.2, 0.25) is 0 Å². The molecule has 0 atom stereocenters. The average Bonchev–Trinajstić information content (AvgIpc) is 2.84. The first-order valence-electron chi connectivity index (χ1n) is 11.6. The first-order chi connectivity index (χ1) is 15.6. The molecule has 0 radical (unpaired) electrons. The molecule has 3 heteroatoms. The van der Waals surface area contributed by atoms with Gasteiger partial charge in [0.05, 0.1) is 0 Å². The molecule has 0 aromatic heterocycles. The number of hydrogen-bond acceptors (Lipinski definition) is 3. The molecule has 3 aromatic rings. The Balaban J connectivity index is 1.33. The van der Waals surface area contributed by atoms with E-state index in [1.807, 2.05) is 79.7 Å². The van der Waals surface area contributed by atoms with Crippen molar-refractivity contribution < 1.29 is 9.59 Å². The maximum Gasteiger partial charge on any atom is 0.193 e. The molecule has 32 heavy (non-hydrogen) atoms. The minimum Gasteiger partial charge on any atom is -0.294 e. The number of Topliss-reactive ketones (excluding diaryl/α,β-unsaturated/α-hetero) is 1. The summed E-state index contributed by atoms with van der Waals surface area (Å²) in [5, 5.41) is 0. The molecule has 1 aliphatic rings. The molecule has 0 N–H and O–H groups in total. The predicted molar refractivity (Wildman–Crippen MR) is 132 cm³/mol. The molecule has 0 bridgehead atoms. The molecule has 2 nitrogen and oxygen atoms in total. The second-order valence-electron chi connectivity index (χ2n) is 8.76. The van der Waals surface area contributed by atoms with Gasteiger partial charge >= 0.3 is 0 Å². The van der Waals surface area contributed by atoms with Crippen molar-refractivity contribution in [2.45, 2.75) is 61.7 Å². The van der Waals surface area contributed by atoms with E-state index in [1.54, 1.807) is 11.8 Å². The Morgan fingerprint density at radius 1 is 0.781 bits per heavy atom. The third-order valence-electron chi connectivity index (χ3n) is 6.42. The topological polar surface area (TPSA) is 34.1 Å². The van der Waals surface area contributed by atoms with Crippen LogP contribution in [0.15, 0.2) is 82.6 Å². The van der Waals surface area contributed by atoms with Gasteiger partial charge in [0.15, 0.2) is 11.6 Å². The van der Waals surface area contributed by atoms with E-state index in [0.717, 1.165) is 38.8 Å². The molecule has 0 spiro atoms. The van der Waals surface area contributed by atoms with Crippen LogP contribution < -0.4 is 0 Å². The zero-order valence-corrected chi connectivity index (χ0v) is 19.5. The summed E-state index contributed by atoms with van der Waals surface area (Å²) in [7, 11) is 0. The lowest BCUT2D eigenvalue weighted by Gasteiger charge is -2.20. The highest BCUT2D eigenvalue weighted by Gasteiger charge is 2.16. The van der Waals surface area contributed by atoms with E-state index in [2.05, 4.69) is 0 Å². The van der Waals surface area contributed by atoms with E-state index >= 15 is 0 Å². The van der Waals surface area contributed by atoms with Gasteiger partial charge in [0.25, 0.3) is 0 Å². The van der Waals surface area contributed by atoms with Crippen LogP contribution in [0.3, 0.4) is 0 Å². The molecule has 0 saturated heterocycles. The van der Waals surface area contributed by atoms with Gasteiger partial charge in [-0.05, 0) is 61.2 Å². The highest BCUT2D eigenvalue weighted by molar-refractivity contribution is 7.99. The van der Waals surface area contributed by atoms with Crippen LogP contribution in [-0.2, 0) is 0 Å². The Hall–Kier alpha value is -2.65. The van der Waals surface area contributed by atoms with Crippen molar-refractivity contribution >= 4 is 23.3 Å². The van der Waals surface area contributed by atoms with Gasteiger partial charge in [0, 0.05) is 32.9 Å². The second-order valence-corrected chi connectivity index (χ2v) is 9.91. The summed E-state index contributed by atoms with van der Waals surface area (Å²) in [5.74, 6) is 1.05. The molecule has 1 fully saturated rings. The average molecular weight is 443 g/mol. The van der Waals surface area contributed by atoms with E-state index in [0.29, 0.717) is 12.0 Å². The number of carbonyl (C=O) groups excluding carboxylic acids is 2. The van der Waals surface area contributed by atoms with Crippen LogP contribution in [0.2, 0.25) is 0 Å². The van der Waals surface area contributed by atoms with Crippen molar-refractivity contribution in [3.63, 3.8) is 0 Å². The van der Waals surface area contributed by atoms with E-state index in [9.17, 15) is 9.59 Å². The Bertz CT molecular complexity index is 1060. The van der Waals surface area contributed by atoms with Crippen molar-refractivity contribution in [2.24, 2.45) is 5.92 Å². The summed E-state index contributed by atoms with van der Waals surface area (Å²) in [4.78, 5) is 27.5. The third-order valence-corrected chi connectivity index (χ3v) is 7.44. The van der Waals surface area contributed by atoms with Crippen molar-refractivity contribution in [2.75, 3.05) is 0 Å². The quantitative estimate of drug-likeness (QED) is 0.332. The molecule has 3 aromatic carbocycles. The van der Waals surface area contributed by atoms with Crippen LogP contribution in [0.5, 0.6) is 0 Å². The Morgan fingerprint density at radius 2 is 1.38 bits per heavy atom. The lowest BCUT2D eigenvalue weighted by molar-refractivity contribution is 0.0969. The number of hydrogen-bond donors (Lipinski definition) is 0. The number of rotatable bonds is 8. The highest BCUT2D eigenvalue weighted by Crippen LogP contribution is 2.30. The van der Waals surface area contributed by atoms with Crippen LogP contribution in [0.4, 0.5) is 0 Å². The number of ketones is 2. The number of aryl methyl sites for hydroxylation is 1. The number of benzene rings is 3. The normalized spacial score (nSPS) is 14.3. The maximum atomic E-state index is 12.8. The van der Waals surface area contributed by atoms with Crippen LogP contribution in [0, 0.1) is 12.8 Å². The molecule has 4 rings (SSSR count). The first-order valence-corrected chi connectivity index (χ1v) is 12.4. The standard InChI is InChI=1S/C29H30O2S/c1-21-7-5-6-10-27(21)29(31)24-14-18-26(19-15-24)32-25-16-12-23(13-17-25)28(30)20-11-22-8-3-2-4-9-22/h5-7,10,12-19,22H,2-4,8-9,11,20H2,1H3. The number of carbonyl (C=O) groups is 2. The maximum absolute atomic E-state index is 12.8. The summed E-state index contributed by atoms with van der Waals surface area (Å²) in [5.41, 5.74) is 3.24. The van der Waals surface area contributed by atoms with Crippen LogP contribution >= 0.6 is 11.8 Å². The van der Waals surface area contributed by atoms with Crippen molar-refractivity contribution in [1.82, 2.24) is 0 Å². The summed E-state index contributed by atoms with van der Waals surface area (Å²) in [6, 6.07) is 23.4. The van der Waals surface area contributed by atoms with Crippen molar-refractivity contribution in [3.05, 3.63) is 95.1 Å². The minimum atomic E-state index is 0.0516. The van der Waals surface area contributed by atoms with Gasteiger partial charge in [0.1, 0.15) is 0 Å². The predicted octanol–water partition coefficient (Wildman–Crippen LogP) is 7.92. The second kappa shape index (κ2) is 10.8. The molecular weight excluding hydrogens is 412 g/mol. The van der Waals surface area contributed by atoms with Crippen LogP contribution in [-0.4, -0.2) is 11.6 Å². The minimum absolute atomic E-state index is 0.0516. The monoisotopic (exact) mass is 442 g/mol. The van der Waals surface area contributed by atoms with Gasteiger partial charge in [-0.25, -0.2) is 0 Å². The molecule has 1 aliphatic carbocycles. The highest BCUT2D eigenvalue weighted by atomic mass is 32.2. The molecule has 1 saturated carbocycles. The third kappa shape index (κ3) is 5.77. The fourth-order valence-corrected chi connectivity index (χ4v) is 5.27. The van der Waals surface area contributed by atoms with Crippen molar-refractivity contribution in [3.8, 4) is 0 Å². The van der Waals surface area contributed by atoms with Gasteiger partial charge in [-0.1, -0.05) is 80.3 Å². The van der Waals surface area contributed by atoms with E-state index in [-0.39, 0.29) is 11.6 Å². The van der Waals surface area contributed by atoms with E-state index in [1.165, 1.54) is 32.1 Å². The van der Waals surface area contributed by atoms with Crippen LogP contribution in [0.1, 0.15) is 76.8 Å². The zero-order valence-electron chi connectivity index (χ0n) is 18.7. The molecule has 0 heterocycles. The molecule has 164 valence electrons. The molecule has 0 amide bonds. The van der Waals surface area contributed by atoms with Crippen molar-refractivity contribution in [1.29, 1.82) is 0 Å². The van der Waals surface area contributed by atoms with Crippen LogP contribution in [0.25, 0.3) is 0 Å². The molecule has 0 unspecified atom stereocenters. The molecular formula is C29H30O2S. The SMILES string of the molecule is Cc1ccccc1C(=O)c1ccc(Sc2ccc(C(=O)CCC3CCCCC3)cc2)cc1. The molecule has 0 aliphatic heterocycles. The Labute approximate surface area is 195 Å². The van der Waals surface area contributed by atoms with Gasteiger partial charge in [-0.3, -0.25) is 9.59 Å². The van der Waals surface area contributed by atoms with Gasteiger partial charge < -0.3 is 0 Å². The smallest absolute Gasteiger partial charge is 0.193 e. The zero-order chi connectivity index (χ0) is 22.3.